The molecule has 2 aliphatic rings. The van der Waals surface area contributed by atoms with Crippen LogP contribution < -0.4 is 9.80 Å². The minimum absolute atomic E-state index is 0.799. The molecule has 4 heteroatoms. The summed E-state index contributed by atoms with van der Waals surface area (Å²) in [4.78, 5) is 4.84. The van der Waals surface area contributed by atoms with Crippen molar-refractivity contribution in [1.29, 1.82) is 0 Å². The van der Waals surface area contributed by atoms with E-state index in [0.717, 1.165) is 100 Å². The number of benzene rings is 12. The topological polar surface area (TPSA) is 32.8 Å². The van der Waals surface area contributed by atoms with Crippen LogP contribution in [0.4, 0.5) is 34.1 Å². The van der Waals surface area contributed by atoms with Crippen LogP contribution in [-0.4, -0.2) is 0 Å². The van der Waals surface area contributed by atoms with Crippen molar-refractivity contribution in [3.05, 3.63) is 289 Å². The Kier molecular flexibility index (Phi) is 8.92. The van der Waals surface area contributed by atoms with Crippen molar-refractivity contribution in [2.75, 3.05) is 9.80 Å². The summed E-state index contributed by atoms with van der Waals surface area (Å²) < 4.78 is 14.9. The fraction of sp³-hybridized carbons (Fsp3) is 0.0141. The van der Waals surface area contributed by atoms with E-state index < -0.39 is 5.41 Å². The second-order valence-electron chi connectivity index (χ2n) is 19.9. The van der Waals surface area contributed by atoms with E-state index in [2.05, 4.69) is 277 Å². The molecule has 0 unspecified atom stereocenters. The average Bonchev–Trinajstić information content (AvgIpc) is 4.38. The Morgan fingerprint density at radius 1 is 0.293 bits per heavy atom. The molecule has 0 bridgehead atoms. The van der Waals surface area contributed by atoms with Gasteiger partial charge in [-0.2, -0.15) is 0 Å². The molecule has 0 atom stereocenters. The Bertz CT molecular complexity index is 4510. The molecule has 75 heavy (non-hydrogen) atoms. The summed E-state index contributed by atoms with van der Waals surface area (Å²) in [5.41, 5.74) is 20.5. The van der Waals surface area contributed by atoms with Crippen molar-refractivity contribution in [2.45, 2.75) is 5.41 Å². The first-order chi connectivity index (χ1) is 37.2. The van der Waals surface area contributed by atoms with Crippen LogP contribution in [0, 0.1) is 0 Å². The highest BCUT2D eigenvalue weighted by Gasteiger charge is 2.54. The van der Waals surface area contributed by atoms with Crippen molar-refractivity contribution in [1.82, 2.24) is 0 Å². The molecule has 4 nitrogen and oxygen atoms in total. The molecule has 0 radical (unpaired) electrons. The highest BCUT2D eigenvalue weighted by Crippen LogP contribution is 2.68. The Balaban J connectivity index is 1.09. The van der Waals surface area contributed by atoms with E-state index in [-0.39, 0.29) is 0 Å². The molecule has 2 heterocycles. The quantitative estimate of drug-likeness (QED) is 0.159. The summed E-state index contributed by atoms with van der Waals surface area (Å²) in [6.07, 6.45) is 0. The molecular weight excluding hydrogens is 913 g/mol. The second-order valence-corrected chi connectivity index (χ2v) is 19.9. The number of nitrogens with zero attached hydrogens (tertiary/aromatic N) is 2. The van der Waals surface area contributed by atoms with Crippen LogP contribution in [0.2, 0.25) is 0 Å². The van der Waals surface area contributed by atoms with E-state index in [9.17, 15) is 0 Å². The van der Waals surface area contributed by atoms with Gasteiger partial charge in [0.05, 0.1) is 22.2 Å². The minimum Gasteiger partial charge on any atom is -0.455 e. The molecule has 0 aliphatic heterocycles. The number of fused-ring (bicyclic) bond motifs is 19. The smallest absolute Gasteiger partial charge is 0.160 e. The minimum atomic E-state index is -0.799. The van der Waals surface area contributed by atoms with E-state index in [1.165, 1.54) is 44.3 Å². The van der Waals surface area contributed by atoms with Crippen molar-refractivity contribution in [3.8, 4) is 33.4 Å². The number of para-hydroxylation sites is 4. The van der Waals surface area contributed by atoms with Gasteiger partial charge < -0.3 is 18.6 Å². The summed E-state index contributed by atoms with van der Waals surface area (Å²) in [5, 5.41) is 6.57. The molecule has 0 saturated carbocycles. The zero-order chi connectivity index (χ0) is 49.2. The summed E-state index contributed by atoms with van der Waals surface area (Å²) in [6, 6.07) is 96.8. The molecule has 0 N–H and O–H groups in total. The highest BCUT2D eigenvalue weighted by molar-refractivity contribution is 6.26. The van der Waals surface area contributed by atoms with Crippen LogP contribution in [0.5, 0.6) is 0 Å². The van der Waals surface area contributed by atoms with Crippen molar-refractivity contribution < 1.29 is 8.83 Å². The van der Waals surface area contributed by atoms with E-state index >= 15 is 0 Å². The molecule has 16 rings (SSSR count). The Hall–Kier alpha value is -9.90. The number of hydrogen-bond donors (Lipinski definition) is 0. The van der Waals surface area contributed by atoms with Crippen LogP contribution in [0.3, 0.4) is 0 Å². The SMILES string of the molecule is c1ccc(-c2ccc(N(c3ccc4ccccc4c3)c3cc4c(c5c3oc3ccccc35)-c3c(cc(N(c5ccccc5)c5ccccc5)c5c3oc3ccccc35)C43c4ccccc4-c4ccccc43)cc2)cc1. The van der Waals surface area contributed by atoms with Crippen molar-refractivity contribution in [3.63, 3.8) is 0 Å². The molecule has 350 valence electrons. The largest absolute Gasteiger partial charge is 0.455 e. The van der Waals surface area contributed by atoms with Crippen LogP contribution in [0.25, 0.3) is 88.0 Å². The lowest BCUT2D eigenvalue weighted by Crippen LogP contribution is -2.26. The van der Waals surface area contributed by atoms with Gasteiger partial charge in [-0.05, 0) is 128 Å². The maximum Gasteiger partial charge on any atom is 0.160 e. The molecule has 0 amide bonds. The van der Waals surface area contributed by atoms with Gasteiger partial charge in [0.1, 0.15) is 16.7 Å². The normalized spacial score (nSPS) is 12.9. The molecular formula is C71H44N2O2. The first-order valence-corrected chi connectivity index (χ1v) is 25.7. The Morgan fingerprint density at radius 3 is 1.43 bits per heavy atom. The third-order valence-electron chi connectivity index (χ3n) is 16.0. The third kappa shape index (κ3) is 5.93. The molecule has 0 saturated heterocycles. The van der Waals surface area contributed by atoms with Gasteiger partial charge in [-0.3, -0.25) is 0 Å². The van der Waals surface area contributed by atoms with Crippen LogP contribution >= 0.6 is 0 Å². The van der Waals surface area contributed by atoms with E-state index in [0.29, 0.717) is 0 Å². The van der Waals surface area contributed by atoms with Gasteiger partial charge in [-0.1, -0.05) is 194 Å². The molecule has 1 spiro atoms. The second kappa shape index (κ2) is 16.1. The maximum absolute atomic E-state index is 7.47. The number of anilines is 6. The van der Waals surface area contributed by atoms with Gasteiger partial charge in [0, 0.05) is 50.0 Å². The molecule has 14 aromatic rings. The summed E-state index contributed by atoms with van der Waals surface area (Å²) in [6.45, 7) is 0. The zero-order valence-corrected chi connectivity index (χ0v) is 40.6. The lowest BCUT2D eigenvalue weighted by Gasteiger charge is -2.33. The standard InChI is InChI=1S/C71H44N2O2/c1-4-20-45(21-5-1)47-36-39-51(40-37-47)73(52-41-38-46-22-10-11-23-48(46)42-52)62-44-59-67(66-56-31-15-19-35-64(56)74-69(62)66)68-60(71(59)57-32-16-12-28-53(57)54-29-13-17-33-58(54)71)43-61(65-55-30-14-18-34-63(55)75-70(65)68)72(49-24-6-2-7-25-49)50-26-8-3-9-27-50/h1-44H. The number of hydrogen-bond acceptors (Lipinski definition) is 4. The summed E-state index contributed by atoms with van der Waals surface area (Å²) >= 11 is 0. The monoisotopic (exact) mass is 956 g/mol. The first-order valence-electron chi connectivity index (χ1n) is 25.7. The lowest BCUT2D eigenvalue weighted by atomic mass is 9.70. The summed E-state index contributed by atoms with van der Waals surface area (Å²) in [7, 11) is 0. The first kappa shape index (κ1) is 41.7. The van der Waals surface area contributed by atoms with E-state index in [4.69, 9.17) is 8.83 Å². The average molecular weight is 957 g/mol. The Morgan fingerprint density at radius 2 is 0.760 bits per heavy atom. The van der Waals surface area contributed by atoms with Gasteiger partial charge in [0.25, 0.3) is 0 Å². The van der Waals surface area contributed by atoms with E-state index in [1.807, 2.05) is 0 Å². The van der Waals surface area contributed by atoms with Gasteiger partial charge in [-0.15, -0.1) is 0 Å². The lowest BCUT2D eigenvalue weighted by molar-refractivity contribution is 0.668. The molecule has 2 aromatic heterocycles. The van der Waals surface area contributed by atoms with Gasteiger partial charge in [-0.25, -0.2) is 0 Å². The predicted octanol–water partition coefficient (Wildman–Crippen LogP) is 19.6. The van der Waals surface area contributed by atoms with Crippen LogP contribution in [0.1, 0.15) is 22.3 Å². The molecule has 12 aromatic carbocycles. The number of rotatable bonds is 7. The number of furan rings is 2. The highest BCUT2D eigenvalue weighted by atomic mass is 16.3. The molecule has 0 fully saturated rings. The fourth-order valence-corrected chi connectivity index (χ4v) is 12.9. The third-order valence-corrected chi connectivity index (χ3v) is 16.0. The maximum atomic E-state index is 7.47. The summed E-state index contributed by atoms with van der Waals surface area (Å²) in [5.74, 6) is 0. The van der Waals surface area contributed by atoms with Gasteiger partial charge in [0.15, 0.2) is 5.58 Å². The van der Waals surface area contributed by atoms with Crippen LogP contribution in [-0.2, 0) is 5.41 Å². The van der Waals surface area contributed by atoms with Gasteiger partial charge in [0.2, 0.25) is 0 Å². The zero-order valence-electron chi connectivity index (χ0n) is 40.6. The van der Waals surface area contributed by atoms with Crippen LogP contribution in [0.15, 0.2) is 276 Å². The van der Waals surface area contributed by atoms with Crippen molar-refractivity contribution in [2.24, 2.45) is 0 Å². The van der Waals surface area contributed by atoms with E-state index in [1.54, 1.807) is 0 Å². The van der Waals surface area contributed by atoms with Crippen molar-refractivity contribution >= 4 is 88.8 Å². The molecule has 2 aliphatic carbocycles. The predicted molar refractivity (Wildman–Crippen MR) is 310 cm³/mol. The fourth-order valence-electron chi connectivity index (χ4n) is 12.9. The van der Waals surface area contributed by atoms with Gasteiger partial charge >= 0.3 is 0 Å². The Labute approximate surface area is 433 Å².